The van der Waals surface area contributed by atoms with Gasteiger partial charge < -0.3 is 9.47 Å². The van der Waals surface area contributed by atoms with Crippen LogP contribution in [0.3, 0.4) is 0 Å². The molecule has 0 saturated carbocycles. The highest BCUT2D eigenvalue weighted by Crippen LogP contribution is 2.36. The van der Waals surface area contributed by atoms with Crippen molar-refractivity contribution in [2.75, 3.05) is 0 Å². The van der Waals surface area contributed by atoms with Crippen LogP contribution in [0.15, 0.2) is 36.4 Å². The minimum atomic E-state index is -0.710. The van der Waals surface area contributed by atoms with Gasteiger partial charge in [-0.3, -0.25) is 0 Å². The SMILES string of the molecule is CC(C)(C)OC(=O)c1ccc2c(c1C(=O)OC(C)(C)C)-c1ccccc1CCC#C2. The predicted octanol–water partition coefficient (Wildman–Crippen LogP) is 5.56. The first-order chi connectivity index (χ1) is 14.0. The van der Waals surface area contributed by atoms with Gasteiger partial charge in [-0.05, 0) is 71.2 Å². The van der Waals surface area contributed by atoms with E-state index in [0.29, 0.717) is 11.1 Å². The lowest BCUT2D eigenvalue weighted by molar-refractivity contribution is 0.00193. The van der Waals surface area contributed by atoms with Crippen molar-refractivity contribution in [2.24, 2.45) is 0 Å². The third kappa shape index (κ3) is 4.91. The van der Waals surface area contributed by atoms with Crippen molar-refractivity contribution in [3.63, 3.8) is 0 Å². The van der Waals surface area contributed by atoms with Crippen LogP contribution in [0.5, 0.6) is 0 Å². The van der Waals surface area contributed by atoms with Gasteiger partial charge in [0.1, 0.15) is 11.2 Å². The summed E-state index contributed by atoms with van der Waals surface area (Å²) in [4.78, 5) is 26.4. The van der Waals surface area contributed by atoms with Crippen molar-refractivity contribution in [2.45, 2.75) is 65.6 Å². The number of aryl methyl sites for hydroxylation is 1. The largest absolute Gasteiger partial charge is 0.456 e. The van der Waals surface area contributed by atoms with Crippen molar-refractivity contribution in [3.05, 3.63) is 58.7 Å². The van der Waals surface area contributed by atoms with Crippen LogP contribution in [0, 0.1) is 11.8 Å². The van der Waals surface area contributed by atoms with Crippen LogP contribution >= 0.6 is 0 Å². The molecule has 30 heavy (non-hydrogen) atoms. The second-order valence-electron chi connectivity index (χ2n) is 9.37. The molecule has 0 radical (unpaired) electrons. The summed E-state index contributed by atoms with van der Waals surface area (Å²) in [5, 5.41) is 0. The molecule has 1 aliphatic rings. The Hall–Kier alpha value is -3.06. The standard InChI is InChI=1S/C26H28O4/c1-25(2,3)29-23(27)20-16-15-18-13-8-7-11-17-12-9-10-14-19(17)21(18)22(20)24(28)30-26(4,5)6/h9-10,12,14-16H,7,11H2,1-6H3. The molecule has 0 N–H and O–H groups in total. The molecule has 0 heterocycles. The van der Waals surface area contributed by atoms with Crippen molar-refractivity contribution in [1.82, 2.24) is 0 Å². The first-order valence-electron chi connectivity index (χ1n) is 10.2. The van der Waals surface area contributed by atoms with E-state index in [1.54, 1.807) is 53.7 Å². The van der Waals surface area contributed by atoms with E-state index in [1.165, 1.54) is 0 Å². The molecule has 156 valence electrons. The molecule has 0 aliphatic heterocycles. The van der Waals surface area contributed by atoms with E-state index >= 15 is 0 Å². The molecule has 0 spiro atoms. The zero-order valence-electron chi connectivity index (χ0n) is 18.5. The second kappa shape index (κ2) is 7.99. The molecule has 0 unspecified atom stereocenters. The lowest BCUT2D eigenvalue weighted by Crippen LogP contribution is -2.28. The molecule has 0 saturated heterocycles. The maximum absolute atomic E-state index is 13.4. The Labute approximate surface area is 178 Å². The van der Waals surface area contributed by atoms with Crippen LogP contribution in [-0.4, -0.2) is 23.1 Å². The topological polar surface area (TPSA) is 52.6 Å². The molecule has 1 aliphatic carbocycles. The minimum absolute atomic E-state index is 0.190. The molecule has 0 amide bonds. The maximum Gasteiger partial charge on any atom is 0.340 e. The zero-order valence-corrected chi connectivity index (χ0v) is 18.5. The summed E-state index contributed by atoms with van der Waals surface area (Å²) in [6, 6.07) is 11.3. The molecule has 2 aromatic rings. The summed E-state index contributed by atoms with van der Waals surface area (Å²) in [5.41, 5.74) is 2.31. The number of carbonyl (C=O) groups excluding carboxylic acids is 2. The van der Waals surface area contributed by atoms with Gasteiger partial charge in [0.15, 0.2) is 0 Å². The number of ether oxygens (including phenoxy) is 2. The lowest BCUT2D eigenvalue weighted by atomic mass is 9.86. The molecule has 4 nitrogen and oxygen atoms in total. The summed E-state index contributed by atoms with van der Waals surface area (Å²) in [6.45, 7) is 10.8. The van der Waals surface area contributed by atoms with Crippen molar-refractivity contribution < 1.29 is 19.1 Å². The van der Waals surface area contributed by atoms with Crippen LogP contribution in [0.25, 0.3) is 11.1 Å². The molecule has 0 aromatic heterocycles. The van der Waals surface area contributed by atoms with Gasteiger partial charge in [-0.1, -0.05) is 36.1 Å². The number of carbonyl (C=O) groups is 2. The Morgan fingerprint density at radius 2 is 1.50 bits per heavy atom. The molecular formula is C26H28O4. The van der Waals surface area contributed by atoms with Gasteiger partial charge in [0.2, 0.25) is 0 Å². The van der Waals surface area contributed by atoms with E-state index in [1.807, 2.05) is 24.3 Å². The molecular weight excluding hydrogens is 376 g/mol. The van der Waals surface area contributed by atoms with Crippen LogP contribution in [0.4, 0.5) is 0 Å². The van der Waals surface area contributed by atoms with Gasteiger partial charge in [-0.15, -0.1) is 0 Å². The third-order valence-electron chi connectivity index (χ3n) is 4.46. The van der Waals surface area contributed by atoms with Crippen LogP contribution in [-0.2, 0) is 15.9 Å². The Morgan fingerprint density at radius 3 is 2.17 bits per heavy atom. The number of benzene rings is 2. The highest BCUT2D eigenvalue weighted by Gasteiger charge is 2.31. The Kier molecular flexibility index (Phi) is 5.76. The van der Waals surface area contributed by atoms with Gasteiger partial charge >= 0.3 is 11.9 Å². The highest BCUT2D eigenvalue weighted by molar-refractivity contribution is 6.09. The van der Waals surface area contributed by atoms with Crippen LogP contribution in [0.2, 0.25) is 0 Å². The summed E-state index contributed by atoms with van der Waals surface area (Å²) < 4.78 is 11.3. The highest BCUT2D eigenvalue weighted by atomic mass is 16.6. The number of hydrogen-bond donors (Lipinski definition) is 0. The quantitative estimate of drug-likeness (QED) is 0.486. The number of esters is 2. The van der Waals surface area contributed by atoms with Gasteiger partial charge in [0.05, 0.1) is 11.1 Å². The number of hydrogen-bond acceptors (Lipinski definition) is 4. The molecule has 0 bridgehead atoms. The number of fused-ring (bicyclic) bond motifs is 3. The van der Waals surface area contributed by atoms with Crippen LogP contribution < -0.4 is 0 Å². The summed E-state index contributed by atoms with van der Waals surface area (Å²) >= 11 is 0. The second-order valence-corrected chi connectivity index (χ2v) is 9.37. The van der Waals surface area contributed by atoms with Gasteiger partial charge in [-0.2, -0.15) is 0 Å². The average Bonchev–Trinajstić information content (AvgIpc) is 2.60. The molecule has 3 rings (SSSR count). The van der Waals surface area contributed by atoms with E-state index in [4.69, 9.17) is 9.47 Å². The van der Waals surface area contributed by atoms with E-state index in [-0.39, 0.29) is 11.1 Å². The van der Waals surface area contributed by atoms with Gasteiger partial charge in [0, 0.05) is 17.5 Å². The zero-order chi connectivity index (χ0) is 22.1. The molecule has 0 atom stereocenters. The monoisotopic (exact) mass is 404 g/mol. The summed E-state index contributed by atoms with van der Waals surface area (Å²) in [6.07, 6.45) is 1.50. The van der Waals surface area contributed by atoms with Crippen molar-refractivity contribution in [1.29, 1.82) is 0 Å². The normalized spacial score (nSPS) is 13.0. The molecule has 0 fully saturated rings. The predicted molar refractivity (Wildman–Crippen MR) is 117 cm³/mol. The average molecular weight is 405 g/mol. The Balaban J connectivity index is 2.32. The lowest BCUT2D eigenvalue weighted by Gasteiger charge is -2.25. The van der Waals surface area contributed by atoms with Crippen molar-refractivity contribution >= 4 is 11.9 Å². The van der Waals surface area contributed by atoms with E-state index in [2.05, 4.69) is 11.8 Å². The Bertz CT molecular complexity index is 1050. The first kappa shape index (κ1) is 21.6. The van der Waals surface area contributed by atoms with E-state index < -0.39 is 23.1 Å². The van der Waals surface area contributed by atoms with Gasteiger partial charge in [-0.25, -0.2) is 9.59 Å². The fourth-order valence-electron chi connectivity index (χ4n) is 3.37. The van der Waals surface area contributed by atoms with Crippen molar-refractivity contribution in [3.8, 4) is 23.0 Å². The van der Waals surface area contributed by atoms with E-state index in [9.17, 15) is 9.59 Å². The van der Waals surface area contributed by atoms with Crippen LogP contribution in [0.1, 0.15) is 79.8 Å². The maximum atomic E-state index is 13.4. The van der Waals surface area contributed by atoms with E-state index in [0.717, 1.165) is 24.0 Å². The number of rotatable bonds is 2. The fraction of sp³-hybridized carbons (Fsp3) is 0.385. The fourth-order valence-corrected chi connectivity index (χ4v) is 3.37. The Morgan fingerprint density at radius 1 is 0.867 bits per heavy atom. The smallest absolute Gasteiger partial charge is 0.340 e. The van der Waals surface area contributed by atoms with Gasteiger partial charge in [0.25, 0.3) is 0 Å². The third-order valence-corrected chi connectivity index (χ3v) is 4.46. The molecule has 2 aromatic carbocycles. The minimum Gasteiger partial charge on any atom is -0.456 e. The summed E-state index contributed by atoms with van der Waals surface area (Å²) in [5.74, 6) is 5.22. The summed E-state index contributed by atoms with van der Waals surface area (Å²) in [7, 11) is 0. The molecule has 4 heteroatoms. The first-order valence-corrected chi connectivity index (χ1v) is 10.2.